The average molecular weight is 171 g/mol. The van der Waals surface area contributed by atoms with Crippen molar-refractivity contribution in [2.45, 2.75) is 31.5 Å². The molecule has 4 nitrogen and oxygen atoms in total. The lowest BCUT2D eigenvalue weighted by molar-refractivity contribution is 0.0968. The summed E-state index contributed by atoms with van der Waals surface area (Å²) in [4.78, 5) is 12.8. The van der Waals surface area contributed by atoms with E-state index in [-0.39, 0.29) is 18.3 Å². The van der Waals surface area contributed by atoms with E-state index in [4.69, 9.17) is 9.84 Å². The van der Waals surface area contributed by atoms with E-state index in [1.165, 1.54) is 0 Å². The molecule has 0 aromatic rings. The van der Waals surface area contributed by atoms with Crippen molar-refractivity contribution >= 4 is 6.09 Å². The van der Waals surface area contributed by atoms with Gasteiger partial charge in [-0.3, -0.25) is 0 Å². The van der Waals surface area contributed by atoms with E-state index >= 15 is 0 Å². The topological polar surface area (TPSA) is 49.8 Å². The van der Waals surface area contributed by atoms with Crippen molar-refractivity contribution in [2.24, 2.45) is 0 Å². The molecule has 1 atom stereocenters. The van der Waals surface area contributed by atoms with E-state index in [0.29, 0.717) is 19.5 Å². The van der Waals surface area contributed by atoms with Gasteiger partial charge in [0.2, 0.25) is 0 Å². The molecular weight excluding hydrogens is 158 g/mol. The number of hydrogen-bond acceptors (Lipinski definition) is 3. The van der Waals surface area contributed by atoms with E-state index in [1.807, 2.05) is 0 Å². The van der Waals surface area contributed by atoms with Crippen molar-refractivity contribution in [3.8, 4) is 0 Å². The SMILES string of the molecule is O=C(OC1CC1)N1CC[C@@H](O)C1. The van der Waals surface area contributed by atoms with Gasteiger partial charge in [-0.15, -0.1) is 0 Å². The fourth-order valence-corrected chi connectivity index (χ4v) is 1.31. The summed E-state index contributed by atoms with van der Waals surface area (Å²) in [6, 6.07) is 0. The Labute approximate surface area is 71.1 Å². The average Bonchev–Trinajstić information content (AvgIpc) is 2.72. The number of carbonyl (C=O) groups excluding carboxylic acids is 1. The molecule has 1 aliphatic heterocycles. The van der Waals surface area contributed by atoms with Gasteiger partial charge in [-0.25, -0.2) is 4.79 Å². The minimum Gasteiger partial charge on any atom is -0.446 e. The zero-order valence-electron chi connectivity index (χ0n) is 6.90. The van der Waals surface area contributed by atoms with Crippen LogP contribution in [0.5, 0.6) is 0 Å². The Kier molecular flexibility index (Phi) is 1.92. The highest BCUT2D eigenvalue weighted by atomic mass is 16.6. The Bertz CT molecular complexity index is 191. The summed E-state index contributed by atoms with van der Waals surface area (Å²) in [6.45, 7) is 1.07. The van der Waals surface area contributed by atoms with Gasteiger partial charge in [-0.2, -0.15) is 0 Å². The molecule has 2 fully saturated rings. The van der Waals surface area contributed by atoms with E-state index in [0.717, 1.165) is 12.8 Å². The van der Waals surface area contributed by atoms with Crippen molar-refractivity contribution in [1.29, 1.82) is 0 Å². The first-order valence-corrected chi connectivity index (χ1v) is 4.39. The lowest BCUT2D eigenvalue weighted by atomic mass is 10.3. The van der Waals surface area contributed by atoms with E-state index in [2.05, 4.69) is 0 Å². The van der Waals surface area contributed by atoms with Gasteiger partial charge in [0.1, 0.15) is 6.10 Å². The van der Waals surface area contributed by atoms with Crippen LogP contribution in [0.1, 0.15) is 19.3 Å². The molecule has 1 N–H and O–H groups in total. The fourth-order valence-electron chi connectivity index (χ4n) is 1.31. The summed E-state index contributed by atoms with van der Waals surface area (Å²) >= 11 is 0. The summed E-state index contributed by atoms with van der Waals surface area (Å²) in [7, 11) is 0. The maximum atomic E-state index is 11.2. The van der Waals surface area contributed by atoms with Gasteiger partial charge in [-0.1, -0.05) is 0 Å². The maximum absolute atomic E-state index is 11.2. The predicted molar refractivity (Wildman–Crippen MR) is 41.7 cm³/mol. The number of aliphatic hydroxyl groups is 1. The number of nitrogens with zero attached hydrogens (tertiary/aromatic N) is 1. The summed E-state index contributed by atoms with van der Waals surface area (Å²) in [6.07, 6.45) is 2.24. The molecule has 12 heavy (non-hydrogen) atoms. The highest BCUT2D eigenvalue weighted by Gasteiger charge is 2.31. The van der Waals surface area contributed by atoms with Crippen LogP contribution in [-0.4, -0.2) is 41.4 Å². The predicted octanol–water partition coefficient (Wildman–Crippen LogP) is 0.352. The fraction of sp³-hybridized carbons (Fsp3) is 0.875. The normalized spacial score (nSPS) is 29.1. The van der Waals surface area contributed by atoms with Gasteiger partial charge in [0.15, 0.2) is 0 Å². The number of amides is 1. The molecule has 0 radical (unpaired) electrons. The van der Waals surface area contributed by atoms with Gasteiger partial charge in [-0.05, 0) is 19.3 Å². The number of β-amino-alcohol motifs (C(OH)–C–C–N with tert-alkyl or cyclic N) is 1. The molecule has 1 saturated heterocycles. The quantitative estimate of drug-likeness (QED) is 0.619. The summed E-state index contributed by atoms with van der Waals surface area (Å²) in [5.74, 6) is 0. The molecule has 0 spiro atoms. The molecule has 1 aliphatic carbocycles. The number of rotatable bonds is 1. The highest BCUT2D eigenvalue weighted by molar-refractivity contribution is 5.68. The molecule has 1 saturated carbocycles. The molecule has 2 aliphatic rings. The van der Waals surface area contributed by atoms with Crippen LogP contribution >= 0.6 is 0 Å². The Morgan fingerprint density at radius 3 is 2.67 bits per heavy atom. The van der Waals surface area contributed by atoms with Crippen LogP contribution in [0.3, 0.4) is 0 Å². The lowest BCUT2D eigenvalue weighted by Gasteiger charge is -2.14. The summed E-state index contributed by atoms with van der Waals surface area (Å²) in [5, 5.41) is 9.15. The Balaban J connectivity index is 1.79. The molecule has 0 bridgehead atoms. The summed E-state index contributed by atoms with van der Waals surface area (Å²) < 4.78 is 5.07. The van der Waals surface area contributed by atoms with Crippen LogP contribution < -0.4 is 0 Å². The van der Waals surface area contributed by atoms with Gasteiger partial charge in [0, 0.05) is 13.1 Å². The molecule has 4 heteroatoms. The Hall–Kier alpha value is -0.770. The number of aliphatic hydroxyl groups excluding tert-OH is 1. The van der Waals surface area contributed by atoms with Gasteiger partial charge in [0.25, 0.3) is 0 Å². The van der Waals surface area contributed by atoms with Crippen LogP contribution in [0.15, 0.2) is 0 Å². The van der Waals surface area contributed by atoms with Gasteiger partial charge in [0.05, 0.1) is 6.10 Å². The first kappa shape index (κ1) is 7.86. The van der Waals surface area contributed by atoms with Crippen molar-refractivity contribution < 1.29 is 14.6 Å². The second-order valence-electron chi connectivity index (χ2n) is 3.47. The molecule has 1 amide bonds. The van der Waals surface area contributed by atoms with Crippen LogP contribution in [-0.2, 0) is 4.74 Å². The van der Waals surface area contributed by atoms with E-state index in [9.17, 15) is 4.79 Å². The van der Waals surface area contributed by atoms with E-state index < -0.39 is 0 Å². The van der Waals surface area contributed by atoms with Gasteiger partial charge >= 0.3 is 6.09 Å². The van der Waals surface area contributed by atoms with Crippen molar-refractivity contribution in [1.82, 2.24) is 4.90 Å². The minimum absolute atomic E-state index is 0.162. The molecule has 2 rings (SSSR count). The van der Waals surface area contributed by atoms with Crippen LogP contribution in [0.2, 0.25) is 0 Å². The molecule has 0 aromatic heterocycles. The molecular formula is C8H13NO3. The van der Waals surface area contributed by atoms with Crippen LogP contribution in [0.4, 0.5) is 4.79 Å². The standard InChI is InChI=1S/C8H13NO3/c10-6-3-4-9(5-6)8(11)12-7-1-2-7/h6-7,10H,1-5H2/t6-/m1/s1. The third kappa shape index (κ3) is 1.69. The Morgan fingerprint density at radius 2 is 2.17 bits per heavy atom. The summed E-state index contributed by atoms with van der Waals surface area (Å²) in [5.41, 5.74) is 0. The first-order valence-electron chi connectivity index (χ1n) is 4.39. The first-order chi connectivity index (χ1) is 5.75. The zero-order chi connectivity index (χ0) is 8.55. The van der Waals surface area contributed by atoms with E-state index in [1.54, 1.807) is 4.90 Å². The Morgan fingerprint density at radius 1 is 1.42 bits per heavy atom. The number of ether oxygens (including phenoxy) is 1. The third-order valence-corrected chi connectivity index (χ3v) is 2.21. The van der Waals surface area contributed by atoms with Crippen molar-refractivity contribution in [3.05, 3.63) is 0 Å². The molecule has 1 heterocycles. The van der Waals surface area contributed by atoms with Crippen molar-refractivity contribution in [2.75, 3.05) is 13.1 Å². The largest absolute Gasteiger partial charge is 0.446 e. The second kappa shape index (κ2) is 2.94. The maximum Gasteiger partial charge on any atom is 0.410 e. The number of likely N-dealkylation sites (tertiary alicyclic amines) is 1. The van der Waals surface area contributed by atoms with Crippen molar-refractivity contribution in [3.63, 3.8) is 0 Å². The molecule has 68 valence electrons. The smallest absolute Gasteiger partial charge is 0.410 e. The lowest BCUT2D eigenvalue weighted by Crippen LogP contribution is -2.30. The van der Waals surface area contributed by atoms with Gasteiger partial charge < -0.3 is 14.7 Å². The minimum atomic E-state index is -0.350. The number of hydrogen-bond donors (Lipinski definition) is 1. The van der Waals surface area contributed by atoms with Crippen LogP contribution in [0.25, 0.3) is 0 Å². The third-order valence-electron chi connectivity index (χ3n) is 2.21. The molecule has 0 aromatic carbocycles. The zero-order valence-corrected chi connectivity index (χ0v) is 6.90. The second-order valence-corrected chi connectivity index (χ2v) is 3.47. The number of carbonyl (C=O) groups is 1. The monoisotopic (exact) mass is 171 g/mol. The molecule has 0 unspecified atom stereocenters. The highest BCUT2D eigenvalue weighted by Crippen LogP contribution is 2.25. The van der Waals surface area contributed by atoms with Crippen LogP contribution in [0, 0.1) is 0 Å².